The van der Waals surface area contributed by atoms with Crippen LogP contribution in [0.15, 0.2) is 11.7 Å². The molecule has 20 heavy (non-hydrogen) atoms. The van der Waals surface area contributed by atoms with Crippen LogP contribution in [0.5, 0.6) is 0 Å². The third-order valence-corrected chi connectivity index (χ3v) is 5.33. The Morgan fingerprint density at radius 2 is 1.95 bits per heavy atom. The standard InChI is InChI=1S/C15H22N4S/c1-10-8-20-15-13(10)14(16-9-17-15)18-11-4-6-12(7-5-11)19(2)3/h8-9,11-12H,4-7H2,1-3H3,(H,16,17,18). The van der Waals surface area contributed by atoms with Crippen molar-refractivity contribution in [1.29, 1.82) is 0 Å². The van der Waals surface area contributed by atoms with E-state index in [1.165, 1.54) is 36.6 Å². The van der Waals surface area contributed by atoms with E-state index in [9.17, 15) is 0 Å². The van der Waals surface area contributed by atoms with Gasteiger partial charge < -0.3 is 10.2 Å². The minimum Gasteiger partial charge on any atom is -0.367 e. The van der Waals surface area contributed by atoms with Gasteiger partial charge in [-0.3, -0.25) is 0 Å². The zero-order valence-corrected chi connectivity index (χ0v) is 13.2. The van der Waals surface area contributed by atoms with E-state index < -0.39 is 0 Å². The van der Waals surface area contributed by atoms with E-state index in [1.807, 2.05) is 0 Å². The first-order valence-corrected chi connectivity index (χ1v) is 8.15. The minimum atomic E-state index is 0.545. The lowest BCUT2D eigenvalue weighted by Gasteiger charge is -2.33. The summed E-state index contributed by atoms with van der Waals surface area (Å²) in [5.41, 5.74) is 1.27. The predicted molar refractivity (Wildman–Crippen MR) is 85.5 cm³/mol. The Morgan fingerprint density at radius 3 is 2.65 bits per heavy atom. The molecule has 1 aliphatic carbocycles. The summed E-state index contributed by atoms with van der Waals surface area (Å²) in [6.07, 6.45) is 6.64. The summed E-state index contributed by atoms with van der Waals surface area (Å²) in [5.74, 6) is 1.02. The molecule has 1 fully saturated rings. The number of hydrogen-bond donors (Lipinski definition) is 1. The van der Waals surface area contributed by atoms with E-state index in [2.05, 4.69) is 46.6 Å². The van der Waals surface area contributed by atoms with Gasteiger partial charge in [-0.15, -0.1) is 11.3 Å². The molecule has 5 heteroatoms. The van der Waals surface area contributed by atoms with E-state index in [4.69, 9.17) is 0 Å². The lowest BCUT2D eigenvalue weighted by molar-refractivity contribution is 0.221. The van der Waals surface area contributed by atoms with Gasteiger partial charge in [0, 0.05) is 12.1 Å². The lowest BCUT2D eigenvalue weighted by Crippen LogP contribution is -2.36. The summed E-state index contributed by atoms with van der Waals surface area (Å²) in [6, 6.07) is 1.28. The maximum absolute atomic E-state index is 4.46. The normalized spacial score (nSPS) is 23.4. The second-order valence-corrected chi connectivity index (χ2v) is 6.79. The Hall–Kier alpha value is -1.20. The first-order valence-electron chi connectivity index (χ1n) is 7.27. The Labute approximate surface area is 124 Å². The van der Waals surface area contributed by atoms with Crippen molar-refractivity contribution in [2.45, 2.75) is 44.7 Å². The highest BCUT2D eigenvalue weighted by molar-refractivity contribution is 7.17. The van der Waals surface area contributed by atoms with E-state index in [-0.39, 0.29) is 0 Å². The zero-order chi connectivity index (χ0) is 14.1. The highest BCUT2D eigenvalue weighted by atomic mass is 32.1. The van der Waals surface area contributed by atoms with Gasteiger partial charge in [0.05, 0.1) is 5.39 Å². The van der Waals surface area contributed by atoms with Crippen molar-refractivity contribution in [2.75, 3.05) is 19.4 Å². The van der Waals surface area contributed by atoms with Crippen LogP contribution >= 0.6 is 11.3 Å². The first-order chi connectivity index (χ1) is 9.65. The highest BCUT2D eigenvalue weighted by Gasteiger charge is 2.23. The number of nitrogens with one attached hydrogen (secondary N) is 1. The maximum atomic E-state index is 4.46. The molecule has 2 aromatic rings. The van der Waals surface area contributed by atoms with Gasteiger partial charge in [-0.25, -0.2) is 9.97 Å². The quantitative estimate of drug-likeness (QED) is 0.942. The Bertz CT molecular complexity index is 585. The molecular weight excluding hydrogens is 268 g/mol. The SMILES string of the molecule is Cc1csc2ncnc(NC3CCC(N(C)C)CC3)c12. The van der Waals surface area contributed by atoms with Crippen LogP contribution in [-0.4, -0.2) is 41.0 Å². The molecule has 2 aromatic heterocycles. The van der Waals surface area contributed by atoms with Gasteiger partial charge in [0.1, 0.15) is 17.0 Å². The molecule has 3 rings (SSSR count). The average Bonchev–Trinajstić information content (AvgIpc) is 2.82. The number of aromatic nitrogens is 2. The Morgan fingerprint density at radius 1 is 1.20 bits per heavy atom. The average molecular weight is 290 g/mol. The van der Waals surface area contributed by atoms with Gasteiger partial charge in [0.2, 0.25) is 0 Å². The van der Waals surface area contributed by atoms with Gasteiger partial charge in [-0.05, 0) is 57.6 Å². The maximum Gasteiger partial charge on any atom is 0.138 e. The molecule has 1 N–H and O–H groups in total. The molecule has 0 bridgehead atoms. The monoisotopic (exact) mass is 290 g/mol. The van der Waals surface area contributed by atoms with Gasteiger partial charge >= 0.3 is 0 Å². The van der Waals surface area contributed by atoms with Crippen molar-refractivity contribution >= 4 is 27.4 Å². The summed E-state index contributed by atoms with van der Waals surface area (Å²) in [6.45, 7) is 2.14. The molecule has 108 valence electrons. The van der Waals surface area contributed by atoms with Crippen LogP contribution in [0, 0.1) is 6.92 Å². The highest BCUT2D eigenvalue weighted by Crippen LogP contribution is 2.31. The topological polar surface area (TPSA) is 41.1 Å². The molecule has 1 saturated carbocycles. The van der Waals surface area contributed by atoms with Crippen LogP contribution < -0.4 is 5.32 Å². The first kappa shape index (κ1) is 13.8. The fourth-order valence-electron chi connectivity index (χ4n) is 3.06. The minimum absolute atomic E-state index is 0.545. The van der Waals surface area contributed by atoms with Gasteiger partial charge in [-0.1, -0.05) is 0 Å². The number of rotatable bonds is 3. The third-order valence-electron chi connectivity index (χ3n) is 4.32. The fraction of sp³-hybridized carbons (Fsp3) is 0.600. The number of aryl methyl sites for hydroxylation is 1. The second kappa shape index (κ2) is 5.66. The van der Waals surface area contributed by atoms with Crippen LogP contribution in [0.3, 0.4) is 0 Å². The molecule has 4 nitrogen and oxygen atoms in total. The molecule has 0 aliphatic heterocycles. The third kappa shape index (κ3) is 2.65. The van der Waals surface area contributed by atoms with E-state index >= 15 is 0 Å². The van der Waals surface area contributed by atoms with Crippen molar-refractivity contribution in [3.63, 3.8) is 0 Å². The molecule has 2 heterocycles. The largest absolute Gasteiger partial charge is 0.367 e. The lowest BCUT2D eigenvalue weighted by atomic mass is 9.90. The number of nitrogens with zero attached hydrogens (tertiary/aromatic N) is 3. The number of fused-ring (bicyclic) bond motifs is 1. The van der Waals surface area contributed by atoms with Crippen molar-refractivity contribution in [3.05, 3.63) is 17.3 Å². The summed E-state index contributed by atoms with van der Waals surface area (Å²) < 4.78 is 0. The summed E-state index contributed by atoms with van der Waals surface area (Å²) in [4.78, 5) is 12.2. The van der Waals surface area contributed by atoms with Gasteiger partial charge in [0.25, 0.3) is 0 Å². The number of hydrogen-bond acceptors (Lipinski definition) is 5. The predicted octanol–water partition coefficient (Wildman–Crippen LogP) is 3.28. The van der Waals surface area contributed by atoms with Crippen LogP contribution in [0.1, 0.15) is 31.2 Å². The molecule has 0 radical (unpaired) electrons. The molecular formula is C15H22N4S. The molecule has 1 aliphatic rings. The van der Waals surface area contributed by atoms with Gasteiger partial charge in [-0.2, -0.15) is 0 Å². The smallest absolute Gasteiger partial charge is 0.138 e. The molecule has 0 amide bonds. The van der Waals surface area contributed by atoms with Crippen LogP contribution in [0.25, 0.3) is 10.2 Å². The van der Waals surface area contributed by atoms with Crippen LogP contribution in [-0.2, 0) is 0 Å². The number of anilines is 1. The van der Waals surface area contributed by atoms with Crippen molar-refractivity contribution in [2.24, 2.45) is 0 Å². The van der Waals surface area contributed by atoms with E-state index in [0.29, 0.717) is 6.04 Å². The van der Waals surface area contributed by atoms with Crippen LogP contribution in [0.4, 0.5) is 5.82 Å². The molecule has 0 saturated heterocycles. The molecule has 0 aromatic carbocycles. The number of thiophene rings is 1. The zero-order valence-electron chi connectivity index (χ0n) is 12.4. The van der Waals surface area contributed by atoms with Crippen molar-refractivity contribution < 1.29 is 0 Å². The van der Waals surface area contributed by atoms with Gasteiger partial charge in [0.15, 0.2) is 0 Å². The Balaban J connectivity index is 1.73. The second-order valence-electron chi connectivity index (χ2n) is 5.93. The molecule has 0 unspecified atom stereocenters. The van der Waals surface area contributed by atoms with Crippen LogP contribution in [0.2, 0.25) is 0 Å². The molecule has 0 spiro atoms. The summed E-state index contributed by atoms with van der Waals surface area (Å²) >= 11 is 1.70. The summed E-state index contributed by atoms with van der Waals surface area (Å²) in [7, 11) is 4.36. The van der Waals surface area contributed by atoms with Crippen molar-refractivity contribution in [3.8, 4) is 0 Å². The fourth-order valence-corrected chi connectivity index (χ4v) is 3.95. The van der Waals surface area contributed by atoms with E-state index in [0.717, 1.165) is 16.7 Å². The van der Waals surface area contributed by atoms with Crippen molar-refractivity contribution in [1.82, 2.24) is 14.9 Å². The molecule has 0 atom stereocenters. The summed E-state index contributed by atoms with van der Waals surface area (Å²) in [5, 5.41) is 7.01. The van der Waals surface area contributed by atoms with E-state index in [1.54, 1.807) is 17.7 Å². The Kier molecular flexibility index (Phi) is 3.89.